The van der Waals surface area contributed by atoms with Crippen LogP contribution >= 0.6 is 0 Å². The molecule has 128 valence electrons. The molecular formula is C20H24FNO2. The molecule has 1 N–H and O–H groups in total. The molecule has 4 heteroatoms. The molecule has 0 saturated heterocycles. The Hall–Kier alpha value is -2.07. The topological polar surface area (TPSA) is 32.7 Å². The molecule has 0 amide bonds. The van der Waals surface area contributed by atoms with Gasteiger partial charge in [0.05, 0.1) is 7.11 Å². The zero-order valence-electron chi connectivity index (χ0n) is 14.5. The first-order valence-electron chi connectivity index (χ1n) is 8.35. The van der Waals surface area contributed by atoms with Crippen molar-refractivity contribution in [3.8, 4) is 11.5 Å². The van der Waals surface area contributed by atoms with Crippen LogP contribution in [0.3, 0.4) is 0 Å². The lowest BCUT2D eigenvalue weighted by molar-refractivity contribution is 0.203. The molecule has 3 rings (SSSR count). The Kier molecular flexibility index (Phi) is 4.76. The monoisotopic (exact) mass is 329 g/mol. The SMILES string of the molecule is COc1cc(CC[C@@H](C)N2Cc3cc(C)c(F)cc3C2)ccc1O. The lowest BCUT2D eigenvalue weighted by Crippen LogP contribution is -2.28. The summed E-state index contributed by atoms with van der Waals surface area (Å²) in [5, 5.41) is 9.67. The van der Waals surface area contributed by atoms with Gasteiger partial charge in [-0.1, -0.05) is 12.1 Å². The highest BCUT2D eigenvalue weighted by atomic mass is 19.1. The van der Waals surface area contributed by atoms with E-state index in [1.54, 1.807) is 19.2 Å². The van der Waals surface area contributed by atoms with E-state index in [-0.39, 0.29) is 11.6 Å². The molecule has 3 nitrogen and oxygen atoms in total. The number of nitrogens with zero attached hydrogens (tertiary/aromatic N) is 1. The molecule has 0 radical (unpaired) electrons. The number of ether oxygens (including phenoxy) is 1. The normalized spacial score (nSPS) is 15.3. The first-order valence-corrected chi connectivity index (χ1v) is 8.35. The van der Waals surface area contributed by atoms with Crippen LogP contribution in [-0.2, 0) is 19.5 Å². The predicted octanol–water partition coefficient (Wildman–Crippen LogP) is 4.19. The minimum Gasteiger partial charge on any atom is -0.504 e. The Morgan fingerprint density at radius 3 is 2.62 bits per heavy atom. The van der Waals surface area contributed by atoms with Gasteiger partial charge in [-0.2, -0.15) is 0 Å². The van der Waals surface area contributed by atoms with Crippen molar-refractivity contribution in [3.63, 3.8) is 0 Å². The number of halogens is 1. The van der Waals surface area contributed by atoms with E-state index in [2.05, 4.69) is 11.8 Å². The second-order valence-corrected chi connectivity index (χ2v) is 6.67. The van der Waals surface area contributed by atoms with E-state index in [9.17, 15) is 9.50 Å². The summed E-state index contributed by atoms with van der Waals surface area (Å²) in [6.45, 7) is 5.73. The zero-order chi connectivity index (χ0) is 17.3. The van der Waals surface area contributed by atoms with Crippen LogP contribution in [0, 0.1) is 12.7 Å². The van der Waals surface area contributed by atoms with Crippen LogP contribution in [0.1, 0.15) is 35.6 Å². The maximum atomic E-state index is 13.7. The van der Waals surface area contributed by atoms with E-state index in [0.717, 1.165) is 42.6 Å². The molecule has 0 aromatic heterocycles. The first-order chi connectivity index (χ1) is 11.5. The molecule has 0 unspecified atom stereocenters. The third-order valence-electron chi connectivity index (χ3n) is 4.95. The average molecular weight is 329 g/mol. The van der Waals surface area contributed by atoms with Crippen LogP contribution in [0.4, 0.5) is 4.39 Å². The van der Waals surface area contributed by atoms with E-state index in [1.165, 1.54) is 5.56 Å². The number of methoxy groups -OCH3 is 1. The van der Waals surface area contributed by atoms with Gasteiger partial charge in [0.1, 0.15) is 5.82 Å². The molecule has 0 bridgehead atoms. The van der Waals surface area contributed by atoms with Crippen LogP contribution in [0.15, 0.2) is 30.3 Å². The van der Waals surface area contributed by atoms with E-state index in [1.807, 2.05) is 25.1 Å². The number of rotatable bonds is 5. The van der Waals surface area contributed by atoms with Crippen molar-refractivity contribution in [2.24, 2.45) is 0 Å². The molecule has 0 fully saturated rings. The number of phenolic OH excluding ortho intramolecular Hbond substituents is 1. The smallest absolute Gasteiger partial charge is 0.160 e. The minimum atomic E-state index is -0.112. The van der Waals surface area contributed by atoms with Crippen LogP contribution in [0.2, 0.25) is 0 Å². The van der Waals surface area contributed by atoms with Gasteiger partial charge in [-0.25, -0.2) is 4.39 Å². The molecule has 0 spiro atoms. The standard InChI is InChI=1S/C20H24FNO2/c1-13-8-16-11-22(12-17(16)10-18(13)21)14(2)4-5-15-6-7-19(23)20(9-15)24-3/h6-10,14,23H,4-5,11-12H2,1-3H3/t14-/m1/s1. The Bertz CT molecular complexity index is 714. The van der Waals surface area contributed by atoms with E-state index < -0.39 is 0 Å². The van der Waals surface area contributed by atoms with Crippen LogP contribution in [0.25, 0.3) is 0 Å². The molecule has 0 saturated carbocycles. The molecule has 1 atom stereocenters. The molecule has 1 aliphatic rings. The van der Waals surface area contributed by atoms with Crippen LogP contribution in [-0.4, -0.2) is 23.2 Å². The van der Waals surface area contributed by atoms with Gasteiger partial charge in [-0.3, -0.25) is 4.90 Å². The van der Waals surface area contributed by atoms with Gasteiger partial charge in [-0.05, 0) is 67.1 Å². The lowest BCUT2D eigenvalue weighted by atomic mass is 10.0. The quantitative estimate of drug-likeness (QED) is 0.893. The molecular weight excluding hydrogens is 305 g/mol. The van der Waals surface area contributed by atoms with E-state index in [4.69, 9.17) is 4.74 Å². The summed E-state index contributed by atoms with van der Waals surface area (Å²) < 4.78 is 18.9. The second-order valence-electron chi connectivity index (χ2n) is 6.67. The van der Waals surface area contributed by atoms with Gasteiger partial charge < -0.3 is 9.84 Å². The third-order valence-corrected chi connectivity index (χ3v) is 4.95. The highest BCUT2D eigenvalue weighted by molar-refractivity contribution is 5.41. The molecule has 2 aromatic rings. The van der Waals surface area contributed by atoms with Crippen LogP contribution in [0.5, 0.6) is 11.5 Å². The number of hydrogen-bond donors (Lipinski definition) is 1. The Morgan fingerprint density at radius 1 is 1.21 bits per heavy atom. The average Bonchev–Trinajstić information content (AvgIpc) is 2.97. The summed E-state index contributed by atoms with van der Waals surface area (Å²) in [4.78, 5) is 2.39. The fourth-order valence-corrected chi connectivity index (χ4v) is 3.32. The lowest BCUT2D eigenvalue weighted by Gasteiger charge is -2.23. The highest BCUT2D eigenvalue weighted by Crippen LogP contribution is 2.29. The first kappa shape index (κ1) is 16.8. The largest absolute Gasteiger partial charge is 0.504 e. The van der Waals surface area contributed by atoms with Gasteiger partial charge in [-0.15, -0.1) is 0 Å². The van der Waals surface area contributed by atoms with Gasteiger partial charge in [0.2, 0.25) is 0 Å². The highest BCUT2D eigenvalue weighted by Gasteiger charge is 2.24. The van der Waals surface area contributed by atoms with Gasteiger partial charge in [0.15, 0.2) is 11.5 Å². The molecule has 1 aliphatic heterocycles. The Morgan fingerprint density at radius 2 is 1.92 bits per heavy atom. The summed E-state index contributed by atoms with van der Waals surface area (Å²) in [6.07, 6.45) is 1.92. The number of phenols is 1. The molecule has 2 aromatic carbocycles. The second kappa shape index (κ2) is 6.81. The number of hydrogen-bond acceptors (Lipinski definition) is 3. The zero-order valence-corrected chi connectivity index (χ0v) is 14.5. The van der Waals surface area contributed by atoms with Crippen molar-refractivity contribution in [1.29, 1.82) is 0 Å². The van der Waals surface area contributed by atoms with Gasteiger partial charge >= 0.3 is 0 Å². The van der Waals surface area contributed by atoms with Crippen molar-refractivity contribution < 1.29 is 14.2 Å². The Balaban J connectivity index is 1.61. The number of aromatic hydroxyl groups is 1. The van der Waals surface area contributed by atoms with Gasteiger partial charge in [0.25, 0.3) is 0 Å². The van der Waals surface area contributed by atoms with Crippen molar-refractivity contribution in [2.45, 2.75) is 45.8 Å². The predicted molar refractivity (Wildman–Crippen MR) is 92.8 cm³/mol. The maximum Gasteiger partial charge on any atom is 0.160 e. The van der Waals surface area contributed by atoms with E-state index >= 15 is 0 Å². The van der Waals surface area contributed by atoms with E-state index in [0.29, 0.717) is 11.8 Å². The minimum absolute atomic E-state index is 0.112. The summed E-state index contributed by atoms with van der Waals surface area (Å²) in [5.41, 5.74) is 4.22. The summed E-state index contributed by atoms with van der Waals surface area (Å²) >= 11 is 0. The van der Waals surface area contributed by atoms with Crippen molar-refractivity contribution in [2.75, 3.05) is 7.11 Å². The Labute approximate surface area is 142 Å². The third kappa shape index (κ3) is 3.39. The number of aryl methyl sites for hydroxylation is 2. The summed E-state index contributed by atoms with van der Waals surface area (Å²) in [5.74, 6) is 0.570. The van der Waals surface area contributed by atoms with Crippen molar-refractivity contribution >= 4 is 0 Å². The fourth-order valence-electron chi connectivity index (χ4n) is 3.32. The number of benzene rings is 2. The summed E-state index contributed by atoms with van der Waals surface area (Å²) in [7, 11) is 1.56. The van der Waals surface area contributed by atoms with Gasteiger partial charge in [0, 0.05) is 19.1 Å². The van der Waals surface area contributed by atoms with Crippen LogP contribution < -0.4 is 4.74 Å². The fraction of sp³-hybridized carbons (Fsp3) is 0.400. The summed E-state index contributed by atoms with van der Waals surface area (Å²) in [6, 6.07) is 9.56. The van der Waals surface area contributed by atoms with Crippen molar-refractivity contribution in [1.82, 2.24) is 4.90 Å². The molecule has 24 heavy (non-hydrogen) atoms. The molecule has 0 aliphatic carbocycles. The number of fused-ring (bicyclic) bond motifs is 1. The maximum absolute atomic E-state index is 13.7. The van der Waals surface area contributed by atoms with Crippen molar-refractivity contribution in [3.05, 3.63) is 58.4 Å². The molecule has 1 heterocycles.